The van der Waals surface area contributed by atoms with Crippen molar-refractivity contribution in [3.8, 4) is 5.75 Å². The SMILES string of the molecule is O=C1COc2cc(NC(=O)N3CCCCC3c3nc4ccccc4s3)ccc2N1. The third-order valence-corrected chi connectivity index (χ3v) is 6.36. The number of urea groups is 1. The maximum Gasteiger partial charge on any atom is 0.322 e. The molecule has 0 saturated carbocycles. The van der Waals surface area contributed by atoms with Crippen LogP contribution in [-0.2, 0) is 4.79 Å². The van der Waals surface area contributed by atoms with Gasteiger partial charge >= 0.3 is 6.03 Å². The van der Waals surface area contributed by atoms with Crippen molar-refractivity contribution in [3.05, 3.63) is 47.5 Å². The number of para-hydroxylation sites is 1. The van der Waals surface area contributed by atoms with Gasteiger partial charge in [-0.3, -0.25) is 4.79 Å². The number of thiazole rings is 1. The molecule has 2 aliphatic rings. The second-order valence-electron chi connectivity index (χ2n) is 7.20. The van der Waals surface area contributed by atoms with Crippen LogP contribution < -0.4 is 15.4 Å². The monoisotopic (exact) mass is 408 g/mol. The number of nitrogens with zero attached hydrogens (tertiary/aromatic N) is 2. The molecule has 3 aromatic rings. The minimum atomic E-state index is -0.179. The van der Waals surface area contributed by atoms with Crippen molar-refractivity contribution in [3.63, 3.8) is 0 Å². The van der Waals surface area contributed by atoms with E-state index in [0.29, 0.717) is 23.7 Å². The van der Waals surface area contributed by atoms with Crippen LogP contribution in [0, 0.1) is 0 Å². The first-order valence-corrected chi connectivity index (χ1v) is 10.5. The molecule has 0 bridgehead atoms. The minimum absolute atomic E-state index is 0.0177. The van der Waals surface area contributed by atoms with Crippen molar-refractivity contribution >= 4 is 44.9 Å². The van der Waals surface area contributed by atoms with E-state index in [4.69, 9.17) is 9.72 Å². The molecule has 1 aromatic heterocycles. The fraction of sp³-hybridized carbons (Fsp3) is 0.286. The van der Waals surface area contributed by atoms with Crippen molar-refractivity contribution in [1.82, 2.24) is 9.88 Å². The Morgan fingerprint density at radius 1 is 1.24 bits per heavy atom. The Morgan fingerprint density at radius 2 is 2.14 bits per heavy atom. The molecule has 0 aliphatic carbocycles. The summed E-state index contributed by atoms with van der Waals surface area (Å²) in [4.78, 5) is 31.1. The molecular formula is C21H20N4O3S. The summed E-state index contributed by atoms with van der Waals surface area (Å²) in [5.41, 5.74) is 2.23. The van der Waals surface area contributed by atoms with E-state index in [2.05, 4.69) is 16.7 Å². The quantitative estimate of drug-likeness (QED) is 0.659. The predicted octanol–water partition coefficient (Wildman–Crippen LogP) is 4.39. The standard InChI is InChI=1S/C21H20N4O3S/c26-19-12-28-17-11-13(8-9-14(17)23-19)22-21(27)25-10-4-3-6-16(25)20-24-15-5-1-2-7-18(15)29-20/h1-2,5,7-9,11,16H,3-4,6,10,12H2,(H,22,27)(H,23,26). The number of aromatic nitrogens is 1. The third-order valence-electron chi connectivity index (χ3n) is 5.22. The number of rotatable bonds is 2. The number of carbonyl (C=O) groups excluding carboxylic acids is 2. The number of ether oxygens (including phenoxy) is 1. The molecule has 2 aliphatic heterocycles. The third kappa shape index (κ3) is 3.51. The Bertz CT molecular complexity index is 1060. The van der Waals surface area contributed by atoms with E-state index in [9.17, 15) is 9.59 Å². The van der Waals surface area contributed by atoms with Gasteiger partial charge in [0.15, 0.2) is 6.61 Å². The van der Waals surface area contributed by atoms with Gasteiger partial charge in [0.1, 0.15) is 10.8 Å². The summed E-state index contributed by atoms with van der Waals surface area (Å²) < 4.78 is 6.58. The number of likely N-dealkylation sites (tertiary alicyclic amines) is 1. The number of hydrogen-bond acceptors (Lipinski definition) is 5. The Labute approximate surface area is 171 Å². The summed E-state index contributed by atoms with van der Waals surface area (Å²) in [6.07, 6.45) is 2.97. The summed E-state index contributed by atoms with van der Waals surface area (Å²) >= 11 is 1.66. The Morgan fingerprint density at radius 3 is 3.03 bits per heavy atom. The van der Waals surface area contributed by atoms with E-state index in [-0.39, 0.29) is 24.6 Å². The average molecular weight is 408 g/mol. The highest BCUT2D eigenvalue weighted by molar-refractivity contribution is 7.18. The van der Waals surface area contributed by atoms with Crippen LogP contribution in [0.3, 0.4) is 0 Å². The van der Waals surface area contributed by atoms with Gasteiger partial charge in [-0.1, -0.05) is 12.1 Å². The molecule has 148 valence electrons. The molecule has 0 radical (unpaired) electrons. The lowest BCUT2D eigenvalue weighted by Crippen LogP contribution is -2.41. The maximum atomic E-state index is 13.1. The van der Waals surface area contributed by atoms with E-state index in [1.54, 1.807) is 29.5 Å². The number of hydrogen-bond donors (Lipinski definition) is 2. The van der Waals surface area contributed by atoms with E-state index in [0.717, 1.165) is 34.5 Å². The highest BCUT2D eigenvalue weighted by Gasteiger charge is 2.30. The van der Waals surface area contributed by atoms with E-state index < -0.39 is 0 Å². The molecule has 2 N–H and O–H groups in total. The molecule has 5 rings (SSSR count). The molecule has 7 nitrogen and oxygen atoms in total. The highest BCUT2D eigenvalue weighted by Crippen LogP contribution is 2.36. The zero-order chi connectivity index (χ0) is 19.8. The predicted molar refractivity (Wildman–Crippen MR) is 113 cm³/mol. The van der Waals surface area contributed by atoms with Crippen LogP contribution in [0.5, 0.6) is 5.75 Å². The summed E-state index contributed by atoms with van der Waals surface area (Å²) in [6, 6.07) is 13.1. The van der Waals surface area contributed by atoms with E-state index >= 15 is 0 Å². The highest BCUT2D eigenvalue weighted by atomic mass is 32.1. The van der Waals surface area contributed by atoms with Gasteiger partial charge in [0.05, 0.1) is 21.9 Å². The van der Waals surface area contributed by atoms with Gasteiger partial charge in [0.2, 0.25) is 0 Å². The van der Waals surface area contributed by atoms with Crippen LogP contribution in [0.4, 0.5) is 16.2 Å². The van der Waals surface area contributed by atoms with Crippen LogP contribution in [0.25, 0.3) is 10.2 Å². The van der Waals surface area contributed by atoms with Crippen LogP contribution >= 0.6 is 11.3 Å². The van der Waals surface area contributed by atoms with Crippen molar-refractivity contribution in [1.29, 1.82) is 0 Å². The van der Waals surface area contributed by atoms with Crippen LogP contribution in [0.2, 0.25) is 0 Å². The minimum Gasteiger partial charge on any atom is -0.482 e. The van der Waals surface area contributed by atoms with Crippen LogP contribution in [0.1, 0.15) is 30.3 Å². The van der Waals surface area contributed by atoms with Crippen LogP contribution in [-0.4, -0.2) is 35.0 Å². The van der Waals surface area contributed by atoms with Crippen molar-refractivity contribution in [2.24, 2.45) is 0 Å². The number of benzene rings is 2. The van der Waals surface area contributed by atoms with Gasteiger partial charge < -0.3 is 20.3 Å². The number of carbonyl (C=O) groups is 2. The van der Waals surface area contributed by atoms with Crippen molar-refractivity contribution in [2.45, 2.75) is 25.3 Å². The normalized spacial score (nSPS) is 18.7. The first kappa shape index (κ1) is 17.9. The molecule has 1 atom stereocenters. The molecule has 3 amide bonds. The van der Waals surface area contributed by atoms with E-state index in [1.165, 1.54) is 0 Å². The Kier molecular flexibility index (Phi) is 4.55. The molecule has 0 spiro atoms. The average Bonchev–Trinajstić information content (AvgIpc) is 3.18. The molecule has 29 heavy (non-hydrogen) atoms. The molecular weight excluding hydrogens is 388 g/mol. The first-order valence-electron chi connectivity index (χ1n) is 9.67. The lowest BCUT2D eigenvalue weighted by molar-refractivity contribution is -0.118. The zero-order valence-electron chi connectivity index (χ0n) is 15.7. The maximum absolute atomic E-state index is 13.1. The summed E-state index contributed by atoms with van der Waals surface area (Å²) in [5, 5.41) is 6.71. The molecule has 1 fully saturated rings. The lowest BCUT2D eigenvalue weighted by atomic mass is 10.0. The Hall–Kier alpha value is -3.13. The second-order valence-corrected chi connectivity index (χ2v) is 8.26. The number of nitrogens with one attached hydrogen (secondary N) is 2. The molecule has 2 aromatic carbocycles. The molecule has 1 saturated heterocycles. The summed E-state index contributed by atoms with van der Waals surface area (Å²) in [5.74, 6) is 0.380. The van der Waals surface area contributed by atoms with Crippen molar-refractivity contribution < 1.29 is 14.3 Å². The second kappa shape index (κ2) is 7.36. The number of anilines is 2. The summed E-state index contributed by atoms with van der Waals surface area (Å²) in [7, 11) is 0. The lowest BCUT2D eigenvalue weighted by Gasteiger charge is -2.34. The molecule has 8 heteroatoms. The summed E-state index contributed by atoms with van der Waals surface area (Å²) in [6.45, 7) is 0.681. The topological polar surface area (TPSA) is 83.6 Å². The van der Waals surface area contributed by atoms with Crippen LogP contribution in [0.15, 0.2) is 42.5 Å². The molecule has 3 heterocycles. The van der Waals surface area contributed by atoms with Gasteiger partial charge in [-0.05, 0) is 43.5 Å². The first-order chi connectivity index (χ1) is 14.2. The van der Waals surface area contributed by atoms with Gasteiger partial charge in [-0.15, -0.1) is 11.3 Å². The van der Waals surface area contributed by atoms with Gasteiger partial charge in [0, 0.05) is 18.3 Å². The fourth-order valence-electron chi connectivity index (χ4n) is 3.81. The van der Waals surface area contributed by atoms with Crippen molar-refractivity contribution in [2.75, 3.05) is 23.8 Å². The molecule has 1 unspecified atom stereocenters. The number of fused-ring (bicyclic) bond motifs is 2. The van der Waals surface area contributed by atoms with Gasteiger partial charge in [-0.2, -0.15) is 0 Å². The smallest absolute Gasteiger partial charge is 0.322 e. The van der Waals surface area contributed by atoms with Gasteiger partial charge in [0.25, 0.3) is 5.91 Å². The zero-order valence-corrected chi connectivity index (χ0v) is 16.5. The Balaban J connectivity index is 1.37. The number of piperidine rings is 1. The van der Waals surface area contributed by atoms with Gasteiger partial charge in [-0.25, -0.2) is 9.78 Å². The van der Waals surface area contributed by atoms with E-state index in [1.807, 2.05) is 23.1 Å². The largest absolute Gasteiger partial charge is 0.482 e. The fourth-order valence-corrected chi connectivity index (χ4v) is 4.93. The number of amides is 3.